The molecule has 0 aliphatic heterocycles. The number of hydrazine groups is 1. The summed E-state index contributed by atoms with van der Waals surface area (Å²) in [5.41, 5.74) is -0.561. The van der Waals surface area contributed by atoms with E-state index in [2.05, 4.69) is 0 Å². The van der Waals surface area contributed by atoms with Crippen LogP contribution < -0.4 is 10.6 Å². The van der Waals surface area contributed by atoms with Crippen LogP contribution in [0.3, 0.4) is 0 Å². The van der Waals surface area contributed by atoms with Gasteiger partial charge in [0.25, 0.3) is 0 Å². The molecule has 0 bridgehead atoms. The second-order valence-corrected chi connectivity index (χ2v) is 5.36. The van der Waals surface area contributed by atoms with Gasteiger partial charge in [0.1, 0.15) is 18.0 Å². The third-order valence-corrected chi connectivity index (χ3v) is 2.31. The van der Waals surface area contributed by atoms with E-state index in [1.165, 1.54) is 0 Å². The van der Waals surface area contributed by atoms with Gasteiger partial charge in [0.15, 0.2) is 0 Å². The molecule has 1 atom stereocenters. The van der Waals surface area contributed by atoms with Crippen LogP contribution in [0.4, 0.5) is 4.79 Å². The Morgan fingerprint density at radius 2 is 1.89 bits per heavy atom. The quantitative estimate of drug-likeness (QED) is 0.517. The normalized spacial score (nSPS) is 12.7. The number of ether oxygens (including phenoxy) is 2. The number of amides is 1. The predicted octanol–water partition coefficient (Wildman–Crippen LogP) is 2.56. The molecule has 0 radical (unpaired) electrons. The van der Waals surface area contributed by atoms with Crippen LogP contribution >= 0.6 is 0 Å². The van der Waals surface area contributed by atoms with Crippen LogP contribution in [0.2, 0.25) is 0 Å². The molecule has 2 N–H and O–H groups in total. The fourth-order valence-corrected chi connectivity index (χ4v) is 1.31. The molecule has 0 aliphatic carbocycles. The van der Waals surface area contributed by atoms with Crippen LogP contribution in [0.25, 0.3) is 0 Å². The minimum absolute atomic E-state index is 0.282. The van der Waals surface area contributed by atoms with Gasteiger partial charge in [-0.2, -0.15) is 0 Å². The Balaban J connectivity index is 2.44. The summed E-state index contributed by atoms with van der Waals surface area (Å²) in [6, 6.07) is 9.09. The summed E-state index contributed by atoms with van der Waals surface area (Å²) in [6.45, 7) is 7.49. The molecule has 1 amide bonds. The lowest BCUT2D eigenvalue weighted by atomic mass is 10.2. The van der Waals surface area contributed by atoms with Crippen molar-refractivity contribution in [3.05, 3.63) is 30.3 Å². The lowest BCUT2D eigenvalue weighted by Gasteiger charge is -2.28. The largest absolute Gasteiger partial charge is 0.491 e. The molecule has 0 fully saturated rings. The first-order valence-corrected chi connectivity index (χ1v) is 6.24. The van der Waals surface area contributed by atoms with Crippen molar-refractivity contribution in [3.63, 3.8) is 0 Å². The van der Waals surface area contributed by atoms with Gasteiger partial charge in [-0.05, 0) is 39.8 Å². The van der Waals surface area contributed by atoms with Gasteiger partial charge in [0.05, 0.1) is 6.04 Å². The van der Waals surface area contributed by atoms with Gasteiger partial charge in [-0.15, -0.1) is 0 Å². The minimum atomic E-state index is -0.561. The Morgan fingerprint density at radius 3 is 2.42 bits per heavy atom. The van der Waals surface area contributed by atoms with Crippen molar-refractivity contribution in [3.8, 4) is 5.75 Å². The van der Waals surface area contributed by atoms with Crippen molar-refractivity contribution in [1.82, 2.24) is 5.01 Å². The Kier molecular flexibility index (Phi) is 5.18. The van der Waals surface area contributed by atoms with E-state index in [9.17, 15) is 4.79 Å². The molecule has 19 heavy (non-hydrogen) atoms. The standard InChI is InChI=1S/C14H22N2O3/c1-11(10-18-12-8-6-5-7-9-12)16(15)13(17)19-14(2,3)4/h5-9,11H,10,15H2,1-4H3/t11-/m1/s1. The monoisotopic (exact) mass is 266 g/mol. The van der Waals surface area contributed by atoms with Crippen molar-refractivity contribution in [2.45, 2.75) is 39.3 Å². The Bertz CT molecular complexity index is 401. The van der Waals surface area contributed by atoms with E-state index in [0.29, 0.717) is 6.61 Å². The van der Waals surface area contributed by atoms with Gasteiger partial charge >= 0.3 is 6.09 Å². The van der Waals surface area contributed by atoms with Crippen LogP contribution in [-0.4, -0.2) is 29.4 Å². The molecule has 0 unspecified atom stereocenters. The maximum atomic E-state index is 11.7. The molecule has 1 aromatic carbocycles. The molecule has 5 heteroatoms. The highest BCUT2D eigenvalue weighted by Gasteiger charge is 2.23. The average molecular weight is 266 g/mol. The number of para-hydroxylation sites is 1. The lowest BCUT2D eigenvalue weighted by Crippen LogP contribution is -2.48. The van der Waals surface area contributed by atoms with E-state index in [-0.39, 0.29) is 6.04 Å². The van der Waals surface area contributed by atoms with Gasteiger partial charge in [0, 0.05) is 0 Å². The van der Waals surface area contributed by atoms with E-state index < -0.39 is 11.7 Å². The number of hydrogen-bond acceptors (Lipinski definition) is 4. The molecular formula is C14H22N2O3. The van der Waals surface area contributed by atoms with Crippen LogP contribution in [0.15, 0.2) is 30.3 Å². The van der Waals surface area contributed by atoms with Gasteiger partial charge < -0.3 is 9.47 Å². The van der Waals surface area contributed by atoms with Gasteiger partial charge in [-0.1, -0.05) is 18.2 Å². The first-order valence-electron chi connectivity index (χ1n) is 6.24. The molecule has 1 aromatic rings. The first-order chi connectivity index (χ1) is 8.79. The van der Waals surface area contributed by atoms with E-state index in [1.807, 2.05) is 30.3 Å². The van der Waals surface area contributed by atoms with Crippen molar-refractivity contribution in [2.24, 2.45) is 5.84 Å². The first kappa shape index (κ1) is 15.3. The van der Waals surface area contributed by atoms with Crippen molar-refractivity contribution < 1.29 is 14.3 Å². The number of carbonyl (C=O) groups is 1. The molecule has 0 saturated heterocycles. The highest BCUT2D eigenvalue weighted by Crippen LogP contribution is 2.12. The van der Waals surface area contributed by atoms with Crippen molar-refractivity contribution in [2.75, 3.05) is 6.61 Å². The Morgan fingerprint density at radius 1 is 1.32 bits per heavy atom. The average Bonchev–Trinajstić information content (AvgIpc) is 2.34. The number of carbonyl (C=O) groups excluding carboxylic acids is 1. The van der Waals surface area contributed by atoms with Gasteiger partial charge in [-0.3, -0.25) is 0 Å². The lowest BCUT2D eigenvalue weighted by molar-refractivity contribution is 0.0127. The molecule has 0 aromatic heterocycles. The van der Waals surface area contributed by atoms with E-state index in [0.717, 1.165) is 10.8 Å². The topological polar surface area (TPSA) is 64.8 Å². The van der Waals surface area contributed by atoms with E-state index in [4.69, 9.17) is 15.3 Å². The molecule has 0 heterocycles. The maximum absolute atomic E-state index is 11.7. The fourth-order valence-electron chi connectivity index (χ4n) is 1.31. The van der Waals surface area contributed by atoms with Crippen LogP contribution in [0.5, 0.6) is 5.75 Å². The van der Waals surface area contributed by atoms with Gasteiger partial charge in [0.2, 0.25) is 0 Å². The van der Waals surface area contributed by atoms with Crippen LogP contribution in [0, 0.1) is 0 Å². The van der Waals surface area contributed by atoms with Gasteiger partial charge in [-0.25, -0.2) is 15.6 Å². The maximum Gasteiger partial charge on any atom is 0.424 e. The fraction of sp³-hybridized carbons (Fsp3) is 0.500. The highest BCUT2D eigenvalue weighted by atomic mass is 16.6. The Labute approximate surface area is 114 Å². The van der Waals surface area contributed by atoms with Crippen molar-refractivity contribution >= 4 is 6.09 Å². The zero-order chi connectivity index (χ0) is 14.5. The summed E-state index contributed by atoms with van der Waals surface area (Å²) in [7, 11) is 0. The van der Waals surface area contributed by atoms with Crippen molar-refractivity contribution in [1.29, 1.82) is 0 Å². The smallest absolute Gasteiger partial charge is 0.424 e. The SMILES string of the molecule is C[C@H](COc1ccccc1)N(N)C(=O)OC(C)(C)C. The summed E-state index contributed by atoms with van der Waals surface area (Å²) in [4.78, 5) is 11.7. The molecule has 5 nitrogen and oxygen atoms in total. The highest BCUT2D eigenvalue weighted by molar-refractivity contribution is 5.67. The molecule has 0 spiro atoms. The van der Waals surface area contributed by atoms with E-state index in [1.54, 1.807) is 27.7 Å². The summed E-state index contributed by atoms with van der Waals surface area (Å²) in [5.74, 6) is 6.45. The zero-order valence-electron chi connectivity index (χ0n) is 11.9. The summed E-state index contributed by atoms with van der Waals surface area (Å²) in [5, 5.41) is 1.05. The van der Waals surface area contributed by atoms with Crippen LogP contribution in [0.1, 0.15) is 27.7 Å². The number of rotatable bonds is 4. The number of hydrogen-bond donors (Lipinski definition) is 1. The third kappa shape index (κ3) is 5.61. The number of benzene rings is 1. The summed E-state index contributed by atoms with van der Waals surface area (Å²) in [6.07, 6.45) is -0.559. The molecule has 1 rings (SSSR count). The predicted molar refractivity (Wildman–Crippen MR) is 73.7 cm³/mol. The molecular weight excluding hydrogens is 244 g/mol. The molecule has 106 valence electrons. The minimum Gasteiger partial charge on any atom is -0.491 e. The van der Waals surface area contributed by atoms with Crippen LogP contribution in [-0.2, 0) is 4.74 Å². The molecule has 0 saturated carbocycles. The second kappa shape index (κ2) is 6.43. The molecule has 0 aliphatic rings. The Hall–Kier alpha value is -1.75. The third-order valence-electron chi connectivity index (χ3n) is 2.31. The number of nitrogens with two attached hydrogens (primary N) is 1. The summed E-state index contributed by atoms with van der Waals surface area (Å²) < 4.78 is 10.7. The van der Waals surface area contributed by atoms with E-state index >= 15 is 0 Å². The summed E-state index contributed by atoms with van der Waals surface area (Å²) >= 11 is 0. The second-order valence-electron chi connectivity index (χ2n) is 5.36. The number of nitrogens with zero attached hydrogens (tertiary/aromatic N) is 1. The zero-order valence-corrected chi connectivity index (χ0v) is 11.9.